The number of para-hydroxylation sites is 2. The van der Waals surface area contributed by atoms with Gasteiger partial charge in [0.1, 0.15) is 11.8 Å². The largest absolute Gasteiger partial charge is 0.482 e. The molecule has 2 amide bonds. The van der Waals surface area contributed by atoms with Gasteiger partial charge in [0, 0.05) is 28.7 Å². The molecule has 31 heavy (non-hydrogen) atoms. The molecule has 1 atom stereocenters. The number of aromatic nitrogens is 1. The van der Waals surface area contributed by atoms with Crippen LogP contribution in [0.1, 0.15) is 32.4 Å². The van der Waals surface area contributed by atoms with Gasteiger partial charge in [-0.05, 0) is 39.0 Å². The Hall–Kier alpha value is -3.32. The number of rotatable bonds is 8. The summed E-state index contributed by atoms with van der Waals surface area (Å²) in [5.74, 6) is -0.469. The van der Waals surface area contributed by atoms with Crippen molar-refractivity contribution in [3.63, 3.8) is 0 Å². The molecule has 162 valence electrons. The normalized spacial score (nSPS) is 12.3. The predicted molar refractivity (Wildman–Crippen MR) is 123 cm³/mol. The van der Waals surface area contributed by atoms with Gasteiger partial charge in [0.25, 0.3) is 11.8 Å². The number of hydrogen-bond acceptors (Lipinski definition) is 4. The maximum Gasteiger partial charge on any atom is 0.262 e. The molecule has 2 aromatic carbocycles. The average Bonchev–Trinajstić information content (AvgIpc) is 3.12. The minimum absolute atomic E-state index is 0.251. The second-order valence-electron chi connectivity index (χ2n) is 7.35. The number of hydrazone groups is 1. The average molecular weight is 441 g/mol. The highest BCUT2D eigenvalue weighted by Crippen LogP contribution is 2.24. The molecule has 0 fully saturated rings. The van der Waals surface area contributed by atoms with E-state index in [9.17, 15) is 9.59 Å². The topological polar surface area (TPSA) is 84.7 Å². The van der Waals surface area contributed by atoms with E-state index in [1.54, 1.807) is 37.4 Å². The van der Waals surface area contributed by atoms with Gasteiger partial charge in [-0.1, -0.05) is 41.9 Å². The SMILES string of the molecule is CC(C)n1cc(/C=N\NC(=O)[C@H](C)NC(=O)COc2ccccc2Cl)c2ccccc21. The minimum Gasteiger partial charge on any atom is -0.482 e. The summed E-state index contributed by atoms with van der Waals surface area (Å²) in [7, 11) is 0. The second-order valence-corrected chi connectivity index (χ2v) is 7.75. The summed E-state index contributed by atoms with van der Waals surface area (Å²) >= 11 is 5.99. The molecule has 2 N–H and O–H groups in total. The third-order valence-corrected chi connectivity index (χ3v) is 4.98. The highest BCUT2D eigenvalue weighted by atomic mass is 35.5. The molecule has 0 spiro atoms. The fraction of sp³-hybridized carbons (Fsp3) is 0.261. The lowest BCUT2D eigenvalue weighted by Gasteiger charge is -2.13. The van der Waals surface area contributed by atoms with E-state index in [0.717, 1.165) is 16.5 Å². The van der Waals surface area contributed by atoms with E-state index >= 15 is 0 Å². The number of nitrogens with zero attached hydrogens (tertiary/aromatic N) is 2. The molecule has 3 rings (SSSR count). The van der Waals surface area contributed by atoms with Crippen molar-refractivity contribution in [2.45, 2.75) is 32.9 Å². The smallest absolute Gasteiger partial charge is 0.262 e. The lowest BCUT2D eigenvalue weighted by Crippen LogP contribution is -2.45. The first-order valence-electron chi connectivity index (χ1n) is 9.96. The van der Waals surface area contributed by atoms with Crippen LogP contribution in [0.4, 0.5) is 0 Å². The second kappa shape index (κ2) is 10.1. The van der Waals surface area contributed by atoms with Crippen LogP contribution in [0.25, 0.3) is 10.9 Å². The molecule has 0 aliphatic rings. The van der Waals surface area contributed by atoms with Crippen LogP contribution in [0.3, 0.4) is 0 Å². The van der Waals surface area contributed by atoms with Gasteiger partial charge in [0.15, 0.2) is 6.61 Å². The number of fused-ring (bicyclic) bond motifs is 1. The molecule has 1 heterocycles. The Bertz CT molecular complexity index is 1110. The molecule has 0 saturated carbocycles. The van der Waals surface area contributed by atoms with E-state index in [1.807, 2.05) is 30.5 Å². The van der Waals surface area contributed by atoms with E-state index < -0.39 is 17.9 Å². The van der Waals surface area contributed by atoms with Crippen molar-refractivity contribution >= 4 is 40.5 Å². The van der Waals surface area contributed by atoms with Crippen molar-refractivity contribution in [2.75, 3.05) is 6.61 Å². The first kappa shape index (κ1) is 22.4. The Balaban J connectivity index is 1.54. The monoisotopic (exact) mass is 440 g/mol. The quantitative estimate of drug-likeness (QED) is 0.411. The first-order chi connectivity index (χ1) is 14.9. The summed E-state index contributed by atoms with van der Waals surface area (Å²) in [6, 6.07) is 14.4. The number of hydrogen-bond donors (Lipinski definition) is 2. The predicted octanol–water partition coefficient (Wildman–Crippen LogP) is 3.91. The summed E-state index contributed by atoms with van der Waals surface area (Å²) in [5, 5.41) is 8.09. The standard InChI is InChI=1S/C23H25ClN4O3/c1-15(2)28-13-17(18-8-4-6-10-20(18)28)12-25-27-23(30)16(3)26-22(29)14-31-21-11-7-5-9-19(21)24/h4-13,15-16H,14H2,1-3H3,(H,26,29)(H,27,30)/b25-12-/t16-/m0/s1. The number of carbonyl (C=O) groups excluding carboxylic acids is 2. The van der Waals surface area contributed by atoms with Gasteiger partial charge in [-0.15, -0.1) is 0 Å². The fourth-order valence-electron chi connectivity index (χ4n) is 3.08. The van der Waals surface area contributed by atoms with Crippen LogP contribution in [0, 0.1) is 0 Å². The number of halogens is 1. The lowest BCUT2D eigenvalue weighted by molar-refractivity contribution is -0.129. The van der Waals surface area contributed by atoms with Crippen LogP contribution in [0.15, 0.2) is 59.8 Å². The first-order valence-corrected chi connectivity index (χ1v) is 10.3. The molecule has 0 aliphatic heterocycles. The number of nitrogens with one attached hydrogen (secondary N) is 2. The van der Waals surface area contributed by atoms with Crippen LogP contribution in [-0.4, -0.2) is 35.2 Å². The van der Waals surface area contributed by atoms with Gasteiger partial charge in [0.05, 0.1) is 11.2 Å². The molecule has 3 aromatic rings. The van der Waals surface area contributed by atoms with Crippen LogP contribution in [0.2, 0.25) is 5.02 Å². The van der Waals surface area contributed by atoms with Crippen molar-refractivity contribution in [3.8, 4) is 5.75 Å². The molecule has 0 bridgehead atoms. The zero-order valence-electron chi connectivity index (χ0n) is 17.6. The van der Waals surface area contributed by atoms with E-state index in [-0.39, 0.29) is 6.61 Å². The Kier molecular flexibility index (Phi) is 7.31. The van der Waals surface area contributed by atoms with Gasteiger partial charge >= 0.3 is 0 Å². The van der Waals surface area contributed by atoms with Gasteiger partial charge in [0.2, 0.25) is 0 Å². The van der Waals surface area contributed by atoms with Gasteiger partial charge in [-0.3, -0.25) is 9.59 Å². The van der Waals surface area contributed by atoms with E-state index in [4.69, 9.17) is 16.3 Å². The van der Waals surface area contributed by atoms with E-state index in [1.165, 1.54) is 0 Å². The maximum absolute atomic E-state index is 12.3. The molecule has 0 aliphatic carbocycles. The van der Waals surface area contributed by atoms with Crippen molar-refractivity contribution < 1.29 is 14.3 Å². The molecular weight excluding hydrogens is 416 g/mol. The Labute approximate surface area is 186 Å². The lowest BCUT2D eigenvalue weighted by atomic mass is 10.2. The summed E-state index contributed by atoms with van der Waals surface area (Å²) in [4.78, 5) is 24.3. The fourth-order valence-corrected chi connectivity index (χ4v) is 3.27. The number of benzene rings is 2. The Morgan fingerprint density at radius 1 is 1.13 bits per heavy atom. The Morgan fingerprint density at radius 2 is 1.84 bits per heavy atom. The van der Waals surface area contributed by atoms with Crippen LogP contribution in [-0.2, 0) is 9.59 Å². The summed E-state index contributed by atoms with van der Waals surface area (Å²) in [6.45, 7) is 5.53. The molecule has 1 aromatic heterocycles. The molecule has 7 nitrogen and oxygen atoms in total. The summed E-state index contributed by atoms with van der Waals surface area (Å²) in [5.41, 5.74) is 4.47. The van der Waals surface area contributed by atoms with Gasteiger partial charge < -0.3 is 14.6 Å². The number of carbonyl (C=O) groups is 2. The van der Waals surface area contributed by atoms with Crippen LogP contribution < -0.4 is 15.5 Å². The third-order valence-electron chi connectivity index (χ3n) is 4.67. The molecule has 0 saturated heterocycles. The van der Waals surface area contributed by atoms with Crippen LogP contribution >= 0.6 is 11.6 Å². The third kappa shape index (κ3) is 5.64. The number of amides is 2. The van der Waals surface area contributed by atoms with Crippen molar-refractivity contribution in [2.24, 2.45) is 5.10 Å². The van der Waals surface area contributed by atoms with Crippen molar-refractivity contribution in [1.29, 1.82) is 0 Å². The molecular formula is C23H25ClN4O3. The highest BCUT2D eigenvalue weighted by molar-refractivity contribution is 6.32. The number of ether oxygens (including phenoxy) is 1. The highest BCUT2D eigenvalue weighted by Gasteiger charge is 2.16. The zero-order chi connectivity index (χ0) is 22.4. The van der Waals surface area contributed by atoms with Crippen molar-refractivity contribution in [3.05, 3.63) is 65.3 Å². The zero-order valence-corrected chi connectivity index (χ0v) is 18.4. The molecule has 0 radical (unpaired) electrons. The summed E-state index contributed by atoms with van der Waals surface area (Å²) in [6.07, 6.45) is 3.61. The van der Waals surface area contributed by atoms with E-state index in [2.05, 4.69) is 34.3 Å². The maximum atomic E-state index is 12.3. The van der Waals surface area contributed by atoms with Crippen LogP contribution in [0.5, 0.6) is 5.75 Å². The Morgan fingerprint density at radius 3 is 2.58 bits per heavy atom. The molecule has 8 heteroatoms. The summed E-state index contributed by atoms with van der Waals surface area (Å²) < 4.78 is 7.53. The molecule has 0 unspecified atom stereocenters. The van der Waals surface area contributed by atoms with Gasteiger partial charge in [-0.25, -0.2) is 5.43 Å². The van der Waals surface area contributed by atoms with Crippen molar-refractivity contribution in [1.82, 2.24) is 15.3 Å². The van der Waals surface area contributed by atoms with Gasteiger partial charge in [-0.2, -0.15) is 5.10 Å². The minimum atomic E-state index is -0.781. The van der Waals surface area contributed by atoms with E-state index in [0.29, 0.717) is 16.8 Å².